The third kappa shape index (κ3) is 7.30. The number of sulfonamides is 1. The molecule has 0 spiro atoms. The summed E-state index contributed by atoms with van der Waals surface area (Å²) in [5.74, 6) is 0.533. The third-order valence-corrected chi connectivity index (χ3v) is 4.26. The molecule has 0 aliphatic rings. The van der Waals surface area contributed by atoms with E-state index in [-0.39, 0.29) is 17.7 Å². The van der Waals surface area contributed by atoms with Gasteiger partial charge in [-0.3, -0.25) is 9.52 Å². The topological polar surface area (TPSA) is 84.5 Å². The Hall–Kier alpha value is -2.54. The Morgan fingerprint density at radius 1 is 1.11 bits per heavy atom. The van der Waals surface area contributed by atoms with Crippen molar-refractivity contribution in [2.75, 3.05) is 17.5 Å². The fourth-order valence-corrected chi connectivity index (χ4v) is 3.18. The highest BCUT2D eigenvalue weighted by Crippen LogP contribution is 2.17. The van der Waals surface area contributed by atoms with Crippen LogP contribution in [-0.2, 0) is 16.4 Å². The van der Waals surface area contributed by atoms with Crippen molar-refractivity contribution in [3.63, 3.8) is 0 Å². The zero-order chi connectivity index (χ0) is 19.9. The van der Waals surface area contributed by atoms with Gasteiger partial charge in [0.25, 0.3) is 5.91 Å². The maximum atomic E-state index is 12.4. The second-order valence-electron chi connectivity index (χ2n) is 6.59. The Morgan fingerprint density at radius 2 is 1.85 bits per heavy atom. The maximum absolute atomic E-state index is 12.4. The average molecular weight is 391 g/mol. The second kappa shape index (κ2) is 9.41. The van der Waals surface area contributed by atoms with Crippen LogP contribution in [0, 0.1) is 0 Å². The summed E-state index contributed by atoms with van der Waals surface area (Å²) in [5, 5.41) is 2.84. The molecule has 27 heavy (non-hydrogen) atoms. The van der Waals surface area contributed by atoms with E-state index in [0.29, 0.717) is 12.1 Å². The molecule has 2 N–H and O–H groups in total. The van der Waals surface area contributed by atoms with Gasteiger partial charge >= 0.3 is 0 Å². The lowest BCUT2D eigenvalue weighted by Gasteiger charge is -2.12. The minimum absolute atomic E-state index is 0.125. The van der Waals surface area contributed by atoms with Crippen LogP contribution in [0.4, 0.5) is 5.69 Å². The number of para-hydroxylation sites is 1. The van der Waals surface area contributed by atoms with Crippen molar-refractivity contribution < 1.29 is 17.9 Å². The molecule has 0 unspecified atom stereocenters. The number of carbonyl (C=O) groups is 1. The number of ether oxygens (including phenoxy) is 1. The molecule has 0 saturated heterocycles. The van der Waals surface area contributed by atoms with E-state index in [1.54, 1.807) is 24.3 Å². The normalized spacial score (nSPS) is 11.3. The molecule has 0 saturated carbocycles. The lowest BCUT2D eigenvalue weighted by molar-refractivity contribution is 0.0954. The highest BCUT2D eigenvalue weighted by atomic mass is 32.2. The quantitative estimate of drug-likeness (QED) is 0.644. The highest BCUT2D eigenvalue weighted by Gasteiger charge is 2.13. The average Bonchev–Trinajstić information content (AvgIpc) is 2.57. The maximum Gasteiger partial charge on any atom is 0.253 e. The SMILES string of the molecule is CC(C)Oc1cccc(CCCNC(=O)c2ccccc2NS(C)(=O)=O)c1. The molecule has 146 valence electrons. The standard InChI is InChI=1S/C20H26N2O4S/c1-15(2)26-17-10-6-8-16(14-17)9-7-13-21-20(23)18-11-4-5-12-19(18)22-27(3,24)25/h4-6,8,10-12,14-15,22H,7,9,13H2,1-3H3,(H,21,23). The van der Waals surface area contributed by atoms with Gasteiger partial charge in [-0.25, -0.2) is 8.42 Å². The Morgan fingerprint density at radius 3 is 2.56 bits per heavy atom. The van der Waals surface area contributed by atoms with Crippen LogP contribution in [0.1, 0.15) is 36.2 Å². The van der Waals surface area contributed by atoms with Gasteiger partial charge in [-0.2, -0.15) is 0 Å². The van der Waals surface area contributed by atoms with Crippen LogP contribution in [-0.4, -0.2) is 33.2 Å². The number of benzene rings is 2. The fraction of sp³-hybridized carbons (Fsp3) is 0.350. The summed E-state index contributed by atoms with van der Waals surface area (Å²) in [6, 6.07) is 14.5. The molecule has 0 aliphatic heterocycles. The molecule has 0 bridgehead atoms. The third-order valence-electron chi connectivity index (χ3n) is 3.67. The van der Waals surface area contributed by atoms with E-state index in [9.17, 15) is 13.2 Å². The van der Waals surface area contributed by atoms with E-state index in [1.165, 1.54) is 0 Å². The van der Waals surface area contributed by atoms with Gasteiger partial charge in [0.1, 0.15) is 5.75 Å². The minimum atomic E-state index is -3.45. The molecule has 0 fully saturated rings. The van der Waals surface area contributed by atoms with E-state index in [4.69, 9.17) is 4.74 Å². The molecule has 2 aromatic rings. The molecule has 0 atom stereocenters. The predicted molar refractivity (Wildman–Crippen MR) is 108 cm³/mol. The van der Waals surface area contributed by atoms with Gasteiger partial charge < -0.3 is 10.1 Å². The number of aryl methyl sites for hydroxylation is 1. The Balaban J connectivity index is 1.88. The first-order valence-electron chi connectivity index (χ1n) is 8.85. The number of hydrogen-bond acceptors (Lipinski definition) is 4. The van der Waals surface area contributed by atoms with Crippen molar-refractivity contribution in [3.05, 3.63) is 59.7 Å². The van der Waals surface area contributed by atoms with Crippen LogP contribution in [0.15, 0.2) is 48.5 Å². The number of anilines is 1. The highest BCUT2D eigenvalue weighted by molar-refractivity contribution is 7.92. The van der Waals surface area contributed by atoms with Crippen molar-refractivity contribution in [3.8, 4) is 5.75 Å². The molecule has 0 radical (unpaired) electrons. The number of amides is 1. The Labute approximate surface area is 161 Å². The van der Waals surface area contributed by atoms with Crippen LogP contribution in [0.2, 0.25) is 0 Å². The first-order chi connectivity index (χ1) is 12.7. The van der Waals surface area contributed by atoms with Gasteiger partial charge in [-0.1, -0.05) is 24.3 Å². The summed E-state index contributed by atoms with van der Waals surface area (Å²) in [7, 11) is -3.45. The first-order valence-corrected chi connectivity index (χ1v) is 10.7. The second-order valence-corrected chi connectivity index (χ2v) is 8.34. The molecular weight excluding hydrogens is 364 g/mol. The van der Waals surface area contributed by atoms with Gasteiger partial charge in [0.2, 0.25) is 10.0 Å². The Bertz CT molecular complexity index is 879. The number of rotatable bonds is 9. The van der Waals surface area contributed by atoms with Gasteiger partial charge in [0, 0.05) is 6.54 Å². The summed E-state index contributed by atoms with van der Waals surface area (Å²) in [4.78, 5) is 12.4. The lowest BCUT2D eigenvalue weighted by atomic mass is 10.1. The fourth-order valence-electron chi connectivity index (χ4n) is 2.61. The summed E-state index contributed by atoms with van der Waals surface area (Å²) in [5.41, 5.74) is 1.72. The molecule has 2 rings (SSSR count). The molecule has 0 heterocycles. The predicted octanol–water partition coefficient (Wildman–Crippen LogP) is 3.21. The van der Waals surface area contributed by atoms with Gasteiger partial charge in [-0.05, 0) is 56.5 Å². The van der Waals surface area contributed by atoms with Crippen LogP contribution in [0.25, 0.3) is 0 Å². The molecule has 0 aromatic heterocycles. The van der Waals surface area contributed by atoms with E-state index in [0.717, 1.165) is 30.4 Å². The molecule has 7 heteroatoms. The van der Waals surface area contributed by atoms with Crippen molar-refractivity contribution in [2.45, 2.75) is 32.8 Å². The van der Waals surface area contributed by atoms with Crippen molar-refractivity contribution in [2.24, 2.45) is 0 Å². The van der Waals surface area contributed by atoms with Gasteiger partial charge in [0.15, 0.2) is 0 Å². The molecule has 6 nitrogen and oxygen atoms in total. The van der Waals surface area contributed by atoms with E-state index >= 15 is 0 Å². The number of hydrogen-bond donors (Lipinski definition) is 2. The first kappa shape index (κ1) is 20.8. The molecule has 0 aliphatic carbocycles. The smallest absolute Gasteiger partial charge is 0.253 e. The molecular formula is C20H26N2O4S. The summed E-state index contributed by atoms with van der Waals surface area (Å²) >= 11 is 0. The summed E-state index contributed by atoms with van der Waals surface area (Å²) in [6.07, 6.45) is 2.75. The van der Waals surface area contributed by atoms with Crippen molar-refractivity contribution in [1.82, 2.24) is 5.32 Å². The van der Waals surface area contributed by atoms with Gasteiger partial charge in [-0.15, -0.1) is 0 Å². The van der Waals surface area contributed by atoms with E-state index < -0.39 is 10.0 Å². The van der Waals surface area contributed by atoms with E-state index in [1.807, 2.05) is 38.1 Å². The van der Waals surface area contributed by atoms with Crippen molar-refractivity contribution >= 4 is 21.6 Å². The lowest BCUT2D eigenvalue weighted by Crippen LogP contribution is -2.26. The van der Waals surface area contributed by atoms with Crippen LogP contribution in [0.3, 0.4) is 0 Å². The monoisotopic (exact) mass is 390 g/mol. The van der Waals surface area contributed by atoms with Crippen LogP contribution < -0.4 is 14.8 Å². The van der Waals surface area contributed by atoms with Crippen LogP contribution in [0.5, 0.6) is 5.75 Å². The van der Waals surface area contributed by atoms with E-state index in [2.05, 4.69) is 10.0 Å². The molecule has 1 amide bonds. The zero-order valence-electron chi connectivity index (χ0n) is 15.9. The summed E-state index contributed by atoms with van der Waals surface area (Å²) < 4.78 is 30.9. The summed E-state index contributed by atoms with van der Waals surface area (Å²) in [6.45, 7) is 4.46. The number of nitrogens with one attached hydrogen (secondary N) is 2. The molecule has 2 aromatic carbocycles. The number of carbonyl (C=O) groups excluding carboxylic acids is 1. The zero-order valence-corrected chi connectivity index (χ0v) is 16.7. The largest absolute Gasteiger partial charge is 0.491 e. The van der Waals surface area contributed by atoms with Crippen molar-refractivity contribution in [1.29, 1.82) is 0 Å². The van der Waals surface area contributed by atoms with Crippen LogP contribution >= 0.6 is 0 Å². The minimum Gasteiger partial charge on any atom is -0.491 e. The Kier molecular flexibility index (Phi) is 7.24. The van der Waals surface area contributed by atoms with Gasteiger partial charge in [0.05, 0.1) is 23.6 Å².